The van der Waals surface area contributed by atoms with Crippen molar-refractivity contribution >= 4 is 27.3 Å². The van der Waals surface area contributed by atoms with Gasteiger partial charge in [0.05, 0.1) is 4.88 Å². The van der Waals surface area contributed by atoms with Crippen molar-refractivity contribution in [2.75, 3.05) is 19.6 Å². The molecule has 1 aromatic heterocycles. The van der Waals surface area contributed by atoms with Crippen LogP contribution < -0.4 is 5.32 Å². The van der Waals surface area contributed by atoms with Crippen molar-refractivity contribution in [2.45, 2.75) is 13.0 Å². The number of fused-ring (bicyclic) bond motifs is 1. The highest BCUT2D eigenvalue weighted by molar-refractivity contribution is 7.20. The minimum Gasteiger partial charge on any atom is -0.335 e. The average molecular weight is 278 g/mol. The van der Waals surface area contributed by atoms with E-state index in [1.54, 1.807) is 6.07 Å². The van der Waals surface area contributed by atoms with Crippen molar-refractivity contribution in [3.8, 4) is 0 Å². The molecule has 1 N–H and O–H groups in total. The van der Waals surface area contributed by atoms with E-state index in [1.807, 2.05) is 11.0 Å². The third-order valence-corrected chi connectivity index (χ3v) is 4.43. The van der Waals surface area contributed by atoms with Crippen molar-refractivity contribution in [1.82, 2.24) is 10.2 Å². The van der Waals surface area contributed by atoms with Gasteiger partial charge in [0.15, 0.2) is 0 Å². The fraction of sp³-hybridized carbons (Fsp3) is 0.357. The summed E-state index contributed by atoms with van der Waals surface area (Å²) in [6.45, 7) is 4.35. The van der Waals surface area contributed by atoms with Gasteiger partial charge < -0.3 is 10.2 Å². The van der Waals surface area contributed by atoms with Crippen molar-refractivity contribution < 1.29 is 9.18 Å². The van der Waals surface area contributed by atoms with Gasteiger partial charge >= 0.3 is 0 Å². The number of hydrogen-bond donors (Lipinski definition) is 1. The molecule has 0 radical (unpaired) electrons. The van der Waals surface area contributed by atoms with Crippen molar-refractivity contribution in [3.63, 3.8) is 0 Å². The molecule has 100 valence electrons. The molecule has 1 fully saturated rings. The third kappa shape index (κ3) is 2.48. The number of halogens is 1. The first-order valence-electron chi connectivity index (χ1n) is 6.35. The number of carbonyl (C=O) groups is 1. The molecule has 19 heavy (non-hydrogen) atoms. The predicted octanol–water partition coefficient (Wildman–Crippen LogP) is 2.47. The summed E-state index contributed by atoms with van der Waals surface area (Å²) in [7, 11) is 0. The standard InChI is InChI=1S/C14H15FN2OS/c1-9-8-17(5-4-16-9)14(18)13-6-10-2-3-11(15)7-12(10)19-13/h2-3,6-7,9,16H,4-5,8H2,1H3/t9-/m1/s1. The highest BCUT2D eigenvalue weighted by Gasteiger charge is 2.23. The zero-order valence-electron chi connectivity index (χ0n) is 10.6. The highest BCUT2D eigenvalue weighted by Crippen LogP contribution is 2.27. The molecule has 1 atom stereocenters. The summed E-state index contributed by atoms with van der Waals surface area (Å²) in [5.41, 5.74) is 0. The van der Waals surface area contributed by atoms with Crippen LogP contribution in [0.3, 0.4) is 0 Å². The molecule has 0 bridgehead atoms. The number of piperazine rings is 1. The third-order valence-electron chi connectivity index (χ3n) is 3.35. The van der Waals surface area contributed by atoms with E-state index in [2.05, 4.69) is 12.2 Å². The molecule has 2 heterocycles. The van der Waals surface area contributed by atoms with Gasteiger partial charge in [-0.15, -0.1) is 11.3 Å². The molecule has 0 saturated carbocycles. The van der Waals surface area contributed by atoms with Crippen LogP contribution in [0.1, 0.15) is 16.6 Å². The van der Waals surface area contributed by atoms with Crippen LogP contribution in [0, 0.1) is 5.82 Å². The molecule has 5 heteroatoms. The molecule has 3 rings (SSSR count). The Labute approximate surface area is 115 Å². The molecule has 3 nitrogen and oxygen atoms in total. The molecule has 0 unspecified atom stereocenters. The van der Waals surface area contributed by atoms with E-state index >= 15 is 0 Å². The minimum absolute atomic E-state index is 0.0509. The van der Waals surface area contributed by atoms with Gasteiger partial charge in [0.2, 0.25) is 0 Å². The van der Waals surface area contributed by atoms with E-state index in [9.17, 15) is 9.18 Å². The molecular weight excluding hydrogens is 263 g/mol. The van der Waals surface area contributed by atoms with Crippen LogP contribution in [0.4, 0.5) is 4.39 Å². The first-order valence-corrected chi connectivity index (χ1v) is 7.17. The first-order chi connectivity index (χ1) is 9.13. The van der Waals surface area contributed by atoms with Crippen LogP contribution >= 0.6 is 11.3 Å². The summed E-state index contributed by atoms with van der Waals surface area (Å²) in [5, 5.41) is 4.24. The van der Waals surface area contributed by atoms with Crippen molar-refractivity contribution in [3.05, 3.63) is 35.0 Å². The van der Waals surface area contributed by atoms with Gasteiger partial charge in [-0.1, -0.05) is 6.07 Å². The fourth-order valence-corrected chi connectivity index (χ4v) is 3.44. The van der Waals surface area contributed by atoms with Gasteiger partial charge in [0, 0.05) is 30.4 Å². The van der Waals surface area contributed by atoms with Crippen molar-refractivity contribution in [1.29, 1.82) is 0 Å². The summed E-state index contributed by atoms with van der Waals surface area (Å²) in [5.74, 6) is -0.209. The lowest BCUT2D eigenvalue weighted by Gasteiger charge is -2.31. The normalized spacial score (nSPS) is 19.9. The number of thiophene rings is 1. The van der Waals surface area contributed by atoms with E-state index in [1.165, 1.54) is 23.5 Å². The van der Waals surface area contributed by atoms with Gasteiger partial charge in [-0.3, -0.25) is 4.79 Å². The van der Waals surface area contributed by atoms with E-state index in [-0.39, 0.29) is 11.7 Å². The smallest absolute Gasteiger partial charge is 0.264 e. The number of benzene rings is 1. The maximum Gasteiger partial charge on any atom is 0.264 e. The van der Waals surface area contributed by atoms with E-state index < -0.39 is 0 Å². The lowest BCUT2D eigenvalue weighted by Crippen LogP contribution is -2.51. The molecule has 1 saturated heterocycles. The van der Waals surface area contributed by atoms with Crippen LogP contribution in [0.25, 0.3) is 10.1 Å². The minimum atomic E-state index is -0.260. The van der Waals surface area contributed by atoms with Gasteiger partial charge in [-0.05, 0) is 30.5 Å². The summed E-state index contributed by atoms with van der Waals surface area (Å²) >= 11 is 1.36. The second-order valence-electron chi connectivity index (χ2n) is 4.90. The molecule has 0 spiro atoms. The summed E-state index contributed by atoms with van der Waals surface area (Å²) in [6, 6.07) is 6.81. The van der Waals surface area contributed by atoms with Gasteiger partial charge in [-0.25, -0.2) is 4.39 Å². The number of amides is 1. The lowest BCUT2D eigenvalue weighted by atomic mass is 10.2. The maximum atomic E-state index is 13.2. The lowest BCUT2D eigenvalue weighted by molar-refractivity contribution is 0.0714. The van der Waals surface area contributed by atoms with Gasteiger partial charge in [-0.2, -0.15) is 0 Å². The molecule has 1 aromatic carbocycles. The molecule has 1 aliphatic heterocycles. The van der Waals surface area contributed by atoms with Crippen LogP contribution in [-0.2, 0) is 0 Å². The van der Waals surface area contributed by atoms with E-state index in [0.29, 0.717) is 10.9 Å². The Bertz CT molecular complexity index is 625. The molecule has 0 aliphatic carbocycles. The summed E-state index contributed by atoms with van der Waals surface area (Å²) in [6.07, 6.45) is 0. The SMILES string of the molecule is C[C@@H]1CN(C(=O)c2cc3ccc(F)cc3s2)CCN1. The molecular formula is C14H15FN2OS. The fourth-order valence-electron chi connectivity index (χ4n) is 2.38. The number of rotatable bonds is 1. The number of carbonyl (C=O) groups excluding carboxylic acids is 1. The quantitative estimate of drug-likeness (QED) is 0.869. The van der Waals surface area contributed by atoms with Crippen LogP contribution in [-0.4, -0.2) is 36.5 Å². The Hall–Kier alpha value is -1.46. The Balaban J connectivity index is 1.88. The average Bonchev–Trinajstić information content (AvgIpc) is 2.80. The Morgan fingerprint density at radius 2 is 2.32 bits per heavy atom. The molecule has 1 amide bonds. The number of nitrogens with zero attached hydrogens (tertiary/aromatic N) is 1. The monoisotopic (exact) mass is 278 g/mol. The van der Waals surface area contributed by atoms with E-state index in [4.69, 9.17) is 0 Å². The summed E-state index contributed by atoms with van der Waals surface area (Å²) in [4.78, 5) is 15.0. The predicted molar refractivity (Wildman–Crippen MR) is 75.2 cm³/mol. The van der Waals surface area contributed by atoms with Crippen LogP contribution in [0.5, 0.6) is 0 Å². The topological polar surface area (TPSA) is 32.3 Å². The van der Waals surface area contributed by atoms with Crippen LogP contribution in [0.2, 0.25) is 0 Å². The van der Waals surface area contributed by atoms with Gasteiger partial charge in [0.25, 0.3) is 5.91 Å². The number of nitrogens with one attached hydrogen (secondary N) is 1. The zero-order valence-corrected chi connectivity index (χ0v) is 11.5. The van der Waals surface area contributed by atoms with Crippen molar-refractivity contribution in [2.24, 2.45) is 0 Å². The largest absolute Gasteiger partial charge is 0.335 e. The Kier molecular flexibility index (Phi) is 3.24. The molecule has 1 aliphatic rings. The number of hydrogen-bond acceptors (Lipinski definition) is 3. The second kappa shape index (κ2) is 4.90. The molecule has 2 aromatic rings. The van der Waals surface area contributed by atoms with E-state index in [0.717, 1.165) is 29.7 Å². The highest BCUT2D eigenvalue weighted by atomic mass is 32.1. The Morgan fingerprint density at radius 1 is 1.47 bits per heavy atom. The maximum absolute atomic E-state index is 13.2. The first kappa shape index (κ1) is 12.6. The summed E-state index contributed by atoms with van der Waals surface area (Å²) < 4.78 is 14.0. The van der Waals surface area contributed by atoms with Crippen LogP contribution in [0.15, 0.2) is 24.3 Å². The van der Waals surface area contributed by atoms with Gasteiger partial charge in [0.1, 0.15) is 5.82 Å². The zero-order chi connectivity index (χ0) is 13.4. The Morgan fingerprint density at radius 3 is 3.11 bits per heavy atom. The second-order valence-corrected chi connectivity index (χ2v) is 5.98.